The normalized spacial score (nSPS) is 18.9. The number of nitrogens with zero attached hydrogens (tertiary/aromatic N) is 3. The van der Waals surface area contributed by atoms with Crippen molar-refractivity contribution < 1.29 is 0 Å². The zero-order valence-corrected chi connectivity index (χ0v) is 19.3. The second kappa shape index (κ2) is 8.40. The van der Waals surface area contributed by atoms with Gasteiger partial charge < -0.3 is 14.8 Å². The lowest BCUT2D eigenvalue weighted by atomic mass is 9.96. The molecule has 1 aliphatic heterocycles. The van der Waals surface area contributed by atoms with Gasteiger partial charge in [-0.25, -0.2) is 0 Å². The van der Waals surface area contributed by atoms with Gasteiger partial charge >= 0.3 is 0 Å². The third-order valence-electron chi connectivity index (χ3n) is 5.64. The molecule has 1 fully saturated rings. The lowest BCUT2D eigenvalue weighted by Gasteiger charge is -2.29. The third kappa shape index (κ3) is 3.72. The minimum Gasteiger partial charge on any atom is -0.352 e. The van der Waals surface area contributed by atoms with E-state index in [0.29, 0.717) is 5.92 Å². The summed E-state index contributed by atoms with van der Waals surface area (Å²) < 4.78 is 2.24. The van der Waals surface area contributed by atoms with Crippen molar-refractivity contribution in [1.29, 1.82) is 0 Å². The van der Waals surface area contributed by atoms with E-state index in [9.17, 15) is 0 Å². The first-order chi connectivity index (χ1) is 14.4. The van der Waals surface area contributed by atoms with Gasteiger partial charge in [-0.3, -0.25) is 4.98 Å². The molecule has 0 aliphatic carbocycles. The van der Waals surface area contributed by atoms with Gasteiger partial charge in [-0.15, -0.1) is 0 Å². The van der Waals surface area contributed by atoms with Gasteiger partial charge in [0.15, 0.2) is 5.11 Å². The molecule has 4 rings (SSSR count). The Morgan fingerprint density at radius 2 is 1.87 bits per heavy atom. The summed E-state index contributed by atoms with van der Waals surface area (Å²) in [5, 5.41) is 5.07. The van der Waals surface area contributed by atoms with Crippen LogP contribution in [0.4, 0.5) is 0 Å². The molecule has 1 aliphatic rings. The molecule has 30 heavy (non-hydrogen) atoms. The van der Waals surface area contributed by atoms with E-state index >= 15 is 0 Å². The van der Waals surface area contributed by atoms with E-state index in [1.165, 1.54) is 11.3 Å². The van der Waals surface area contributed by atoms with E-state index in [-0.39, 0.29) is 12.1 Å². The monoisotopic (exact) mass is 438 g/mol. The molecule has 1 saturated heterocycles. The Bertz CT molecular complexity index is 1060. The molecule has 2 aromatic heterocycles. The lowest BCUT2D eigenvalue weighted by Crippen LogP contribution is -2.33. The second-order valence-electron chi connectivity index (χ2n) is 8.29. The Morgan fingerprint density at radius 3 is 2.53 bits per heavy atom. The Kier molecular flexibility index (Phi) is 5.85. The topological polar surface area (TPSA) is 33.1 Å². The van der Waals surface area contributed by atoms with Gasteiger partial charge in [0.1, 0.15) is 0 Å². The summed E-state index contributed by atoms with van der Waals surface area (Å²) in [7, 11) is 0. The van der Waals surface area contributed by atoms with E-state index in [4.69, 9.17) is 23.8 Å². The summed E-state index contributed by atoms with van der Waals surface area (Å²) in [6, 6.07) is 16.4. The Morgan fingerprint density at radius 1 is 1.13 bits per heavy atom. The Labute approximate surface area is 188 Å². The van der Waals surface area contributed by atoms with Crippen LogP contribution in [-0.4, -0.2) is 26.1 Å². The average Bonchev–Trinajstić information content (AvgIpc) is 3.18. The average molecular weight is 439 g/mol. The van der Waals surface area contributed by atoms with Crippen LogP contribution in [0.2, 0.25) is 5.02 Å². The van der Waals surface area contributed by atoms with Gasteiger partial charge in [-0.1, -0.05) is 43.6 Å². The number of pyridine rings is 1. The fraction of sp³-hybridized carbons (Fsp3) is 0.333. The Balaban J connectivity index is 1.85. The van der Waals surface area contributed by atoms with Crippen LogP contribution in [0.5, 0.6) is 0 Å². The molecule has 1 aromatic carbocycles. The predicted octanol–water partition coefficient (Wildman–Crippen LogP) is 5.77. The van der Waals surface area contributed by atoms with Gasteiger partial charge in [0.2, 0.25) is 0 Å². The van der Waals surface area contributed by atoms with Gasteiger partial charge in [0, 0.05) is 24.1 Å². The summed E-state index contributed by atoms with van der Waals surface area (Å²) >= 11 is 12.3. The molecule has 0 amide bonds. The number of aryl methyl sites for hydroxylation is 1. The first-order valence-corrected chi connectivity index (χ1v) is 11.1. The molecule has 3 aromatic rings. The maximum Gasteiger partial charge on any atom is 0.170 e. The maximum absolute atomic E-state index is 6.54. The number of para-hydroxylation sites is 1. The van der Waals surface area contributed by atoms with Gasteiger partial charge in [0.25, 0.3) is 0 Å². The van der Waals surface area contributed by atoms with Crippen molar-refractivity contribution in [2.45, 2.75) is 39.8 Å². The number of thiocarbonyl (C=S) groups is 1. The number of nitrogens with one attached hydrogen (secondary N) is 1. The predicted molar refractivity (Wildman–Crippen MR) is 127 cm³/mol. The van der Waals surface area contributed by atoms with Gasteiger partial charge in [-0.05, 0) is 67.9 Å². The van der Waals surface area contributed by atoms with Crippen LogP contribution in [0.25, 0.3) is 5.69 Å². The molecule has 0 radical (unpaired) electrons. The molecule has 0 unspecified atom stereocenters. The fourth-order valence-corrected chi connectivity index (χ4v) is 4.96. The van der Waals surface area contributed by atoms with E-state index in [2.05, 4.69) is 65.7 Å². The van der Waals surface area contributed by atoms with Crippen molar-refractivity contribution in [2.24, 2.45) is 5.92 Å². The fourth-order valence-electron chi connectivity index (χ4n) is 4.42. The van der Waals surface area contributed by atoms with Crippen LogP contribution in [0.1, 0.15) is 48.6 Å². The molecule has 156 valence electrons. The number of rotatable bonds is 5. The molecular weight excluding hydrogens is 412 g/mol. The van der Waals surface area contributed by atoms with E-state index in [1.54, 1.807) is 0 Å². The summed E-state index contributed by atoms with van der Waals surface area (Å²) in [5.74, 6) is 0.488. The highest BCUT2D eigenvalue weighted by atomic mass is 35.5. The summed E-state index contributed by atoms with van der Waals surface area (Å²) in [4.78, 5) is 6.96. The zero-order valence-electron chi connectivity index (χ0n) is 17.8. The molecule has 0 bridgehead atoms. The van der Waals surface area contributed by atoms with Gasteiger partial charge in [-0.2, -0.15) is 0 Å². The van der Waals surface area contributed by atoms with Crippen molar-refractivity contribution in [3.63, 3.8) is 0 Å². The molecule has 6 heteroatoms. The molecule has 3 heterocycles. The van der Waals surface area contributed by atoms with Gasteiger partial charge in [0.05, 0.1) is 28.5 Å². The quantitative estimate of drug-likeness (QED) is 0.512. The zero-order chi connectivity index (χ0) is 21.4. The standard InChI is InChI=1S/C24H27ClN4S/c1-15(2)14-28-23(22(27-24(28)30)20-10-7-8-12-26-20)18-13-16(3)29(17(18)4)21-11-6-5-9-19(21)25/h5-13,15,22-23H,14H2,1-4H3,(H,27,30)/t22-,23-/m0/s1. The lowest BCUT2D eigenvalue weighted by molar-refractivity contribution is 0.287. The van der Waals surface area contributed by atoms with Crippen molar-refractivity contribution >= 4 is 28.9 Å². The summed E-state index contributed by atoms with van der Waals surface area (Å²) in [6.07, 6.45) is 1.84. The van der Waals surface area contributed by atoms with Crippen LogP contribution < -0.4 is 5.32 Å². The minimum atomic E-state index is -0.00218. The van der Waals surface area contributed by atoms with Crippen LogP contribution in [0.3, 0.4) is 0 Å². The van der Waals surface area contributed by atoms with Crippen LogP contribution in [0, 0.1) is 19.8 Å². The van der Waals surface area contributed by atoms with Crippen LogP contribution >= 0.6 is 23.8 Å². The summed E-state index contributed by atoms with van der Waals surface area (Å²) in [5.41, 5.74) is 5.57. The van der Waals surface area contributed by atoms with E-state index in [1.807, 2.05) is 36.5 Å². The van der Waals surface area contributed by atoms with Crippen molar-refractivity contribution in [3.8, 4) is 5.69 Å². The van der Waals surface area contributed by atoms with Crippen molar-refractivity contribution in [2.75, 3.05) is 6.54 Å². The van der Waals surface area contributed by atoms with Crippen molar-refractivity contribution in [1.82, 2.24) is 19.8 Å². The molecule has 0 spiro atoms. The van der Waals surface area contributed by atoms with Crippen LogP contribution in [0.15, 0.2) is 54.7 Å². The highest BCUT2D eigenvalue weighted by Gasteiger charge is 2.41. The largest absolute Gasteiger partial charge is 0.352 e. The first-order valence-electron chi connectivity index (χ1n) is 10.3. The third-order valence-corrected chi connectivity index (χ3v) is 6.31. The van der Waals surface area contributed by atoms with E-state index < -0.39 is 0 Å². The molecule has 0 saturated carbocycles. The smallest absolute Gasteiger partial charge is 0.170 e. The molecule has 1 N–H and O–H groups in total. The van der Waals surface area contributed by atoms with Crippen LogP contribution in [-0.2, 0) is 0 Å². The number of hydrogen-bond donors (Lipinski definition) is 1. The van der Waals surface area contributed by atoms with Crippen molar-refractivity contribution in [3.05, 3.63) is 82.4 Å². The molecule has 4 nitrogen and oxygen atoms in total. The molecular formula is C24H27ClN4S. The number of hydrogen-bond acceptors (Lipinski definition) is 2. The maximum atomic E-state index is 6.54. The number of benzene rings is 1. The Hall–Kier alpha value is -2.37. The highest BCUT2D eigenvalue weighted by Crippen LogP contribution is 2.42. The molecule has 2 atom stereocenters. The number of halogens is 1. The number of aromatic nitrogens is 2. The minimum absolute atomic E-state index is 0.00218. The second-order valence-corrected chi connectivity index (χ2v) is 9.08. The highest BCUT2D eigenvalue weighted by molar-refractivity contribution is 7.80. The first kappa shape index (κ1) is 20.9. The SMILES string of the molecule is Cc1cc([C@H]2[C@H](c3ccccn3)NC(=S)N2CC(C)C)c(C)n1-c1ccccc1Cl. The van der Waals surface area contributed by atoms with E-state index in [0.717, 1.165) is 33.8 Å². The summed E-state index contributed by atoms with van der Waals surface area (Å²) in [6.45, 7) is 9.62.